The highest BCUT2D eigenvalue weighted by Crippen LogP contribution is 2.17. The highest BCUT2D eigenvalue weighted by molar-refractivity contribution is 5.44. The van der Waals surface area contributed by atoms with E-state index in [0.29, 0.717) is 5.69 Å². The van der Waals surface area contributed by atoms with Crippen molar-refractivity contribution in [1.29, 1.82) is 0 Å². The lowest BCUT2D eigenvalue weighted by Crippen LogP contribution is -2.02. The van der Waals surface area contributed by atoms with Crippen LogP contribution in [0.25, 0.3) is 5.69 Å². The van der Waals surface area contributed by atoms with Gasteiger partial charge in [-0.2, -0.15) is 5.10 Å². The first-order valence-electron chi connectivity index (χ1n) is 3.73. The molecule has 0 aliphatic carbocycles. The molecule has 2 heterocycles. The maximum absolute atomic E-state index is 10.6. The first-order valence-corrected chi connectivity index (χ1v) is 3.73. The standard InChI is InChI=1S/C7H5N5O2/c13-12(14)7-6(2-1-3-9-7)11-5-8-4-10-11/h1-5H. The molecule has 7 nitrogen and oxygen atoms in total. The summed E-state index contributed by atoms with van der Waals surface area (Å²) in [6.45, 7) is 0. The van der Waals surface area contributed by atoms with Crippen LogP contribution in [-0.4, -0.2) is 24.7 Å². The van der Waals surface area contributed by atoms with E-state index in [1.807, 2.05) is 0 Å². The molecule has 0 saturated carbocycles. The topological polar surface area (TPSA) is 86.7 Å². The van der Waals surface area contributed by atoms with Crippen molar-refractivity contribution in [2.75, 3.05) is 0 Å². The van der Waals surface area contributed by atoms with E-state index in [2.05, 4.69) is 15.1 Å². The van der Waals surface area contributed by atoms with Crippen molar-refractivity contribution in [2.24, 2.45) is 0 Å². The molecule has 0 aromatic carbocycles. The molecule has 0 aliphatic heterocycles. The van der Waals surface area contributed by atoms with Crippen LogP contribution in [0.5, 0.6) is 0 Å². The smallest absolute Gasteiger partial charge is 0.358 e. The number of nitrogens with zero attached hydrogens (tertiary/aromatic N) is 5. The Hall–Kier alpha value is -2.31. The summed E-state index contributed by atoms with van der Waals surface area (Å²) in [4.78, 5) is 17.4. The Bertz CT molecular complexity index is 453. The number of nitro groups is 1. The molecule has 0 spiro atoms. The van der Waals surface area contributed by atoms with E-state index in [1.54, 1.807) is 12.1 Å². The number of rotatable bonds is 2. The second-order valence-electron chi connectivity index (χ2n) is 2.44. The molecule has 2 rings (SSSR count). The summed E-state index contributed by atoms with van der Waals surface area (Å²) in [5, 5.41) is 14.4. The van der Waals surface area contributed by atoms with E-state index < -0.39 is 4.92 Å². The molecule has 0 amide bonds. The molecule has 0 aliphatic rings. The van der Waals surface area contributed by atoms with Crippen LogP contribution >= 0.6 is 0 Å². The molecule has 0 unspecified atom stereocenters. The zero-order valence-electron chi connectivity index (χ0n) is 6.94. The van der Waals surface area contributed by atoms with Crippen molar-refractivity contribution < 1.29 is 4.92 Å². The lowest BCUT2D eigenvalue weighted by molar-refractivity contribution is -0.389. The van der Waals surface area contributed by atoms with Crippen LogP contribution in [-0.2, 0) is 0 Å². The van der Waals surface area contributed by atoms with E-state index in [9.17, 15) is 10.1 Å². The van der Waals surface area contributed by atoms with Gasteiger partial charge in [0.2, 0.25) is 0 Å². The summed E-state index contributed by atoms with van der Waals surface area (Å²) in [5.74, 6) is -0.238. The van der Waals surface area contributed by atoms with E-state index >= 15 is 0 Å². The van der Waals surface area contributed by atoms with Crippen molar-refractivity contribution in [2.45, 2.75) is 0 Å². The van der Waals surface area contributed by atoms with E-state index in [-0.39, 0.29) is 5.82 Å². The van der Waals surface area contributed by atoms with Crippen molar-refractivity contribution in [1.82, 2.24) is 19.7 Å². The van der Waals surface area contributed by atoms with Crippen molar-refractivity contribution in [3.8, 4) is 5.69 Å². The van der Waals surface area contributed by atoms with Gasteiger partial charge in [0.05, 0.1) is 0 Å². The summed E-state index contributed by atoms with van der Waals surface area (Å²) in [7, 11) is 0. The third-order valence-electron chi connectivity index (χ3n) is 1.60. The first-order chi connectivity index (χ1) is 6.79. The van der Waals surface area contributed by atoms with Crippen LogP contribution in [0, 0.1) is 10.1 Å². The molecule has 0 atom stereocenters. The van der Waals surface area contributed by atoms with Gasteiger partial charge in [-0.25, -0.2) is 9.67 Å². The Balaban J connectivity index is 2.58. The fourth-order valence-electron chi connectivity index (χ4n) is 1.04. The summed E-state index contributed by atoms with van der Waals surface area (Å²) in [6, 6.07) is 3.16. The average molecular weight is 191 g/mol. The van der Waals surface area contributed by atoms with Gasteiger partial charge in [-0.1, -0.05) is 0 Å². The second kappa shape index (κ2) is 3.21. The molecule has 0 saturated heterocycles. The molecule has 2 aromatic rings. The van der Waals surface area contributed by atoms with E-state index in [1.165, 1.54) is 23.5 Å². The molecule has 70 valence electrons. The Morgan fingerprint density at radius 2 is 2.36 bits per heavy atom. The minimum Gasteiger partial charge on any atom is -0.358 e. The van der Waals surface area contributed by atoms with Gasteiger partial charge < -0.3 is 10.1 Å². The Morgan fingerprint density at radius 3 is 3.00 bits per heavy atom. The number of hydrogen-bond donors (Lipinski definition) is 0. The average Bonchev–Trinajstić information content (AvgIpc) is 2.70. The molecular formula is C7H5N5O2. The van der Waals surface area contributed by atoms with Crippen LogP contribution in [0.15, 0.2) is 31.0 Å². The largest absolute Gasteiger partial charge is 0.389 e. The minimum atomic E-state index is -0.559. The lowest BCUT2D eigenvalue weighted by Gasteiger charge is -1.99. The maximum Gasteiger partial charge on any atom is 0.389 e. The number of hydrogen-bond acceptors (Lipinski definition) is 5. The quantitative estimate of drug-likeness (QED) is 0.511. The summed E-state index contributed by atoms with van der Waals surface area (Å²) < 4.78 is 1.30. The maximum atomic E-state index is 10.6. The fourth-order valence-corrected chi connectivity index (χ4v) is 1.04. The summed E-state index contributed by atoms with van der Waals surface area (Å²) in [5.41, 5.74) is 0.301. The summed E-state index contributed by atoms with van der Waals surface area (Å²) >= 11 is 0. The van der Waals surface area contributed by atoms with Crippen LogP contribution in [0.2, 0.25) is 0 Å². The zero-order valence-corrected chi connectivity index (χ0v) is 6.94. The predicted octanol–water partition coefficient (Wildman–Crippen LogP) is 0.570. The zero-order chi connectivity index (χ0) is 9.97. The predicted molar refractivity (Wildman–Crippen MR) is 45.8 cm³/mol. The van der Waals surface area contributed by atoms with Crippen molar-refractivity contribution in [3.63, 3.8) is 0 Å². The van der Waals surface area contributed by atoms with Gasteiger partial charge in [0.1, 0.15) is 18.9 Å². The molecule has 7 heteroatoms. The molecule has 2 aromatic heterocycles. The second-order valence-corrected chi connectivity index (χ2v) is 2.44. The highest BCUT2D eigenvalue weighted by atomic mass is 16.6. The third kappa shape index (κ3) is 1.30. The third-order valence-corrected chi connectivity index (χ3v) is 1.60. The lowest BCUT2D eigenvalue weighted by atomic mass is 10.4. The molecule has 0 bridgehead atoms. The SMILES string of the molecule is O=[N+]([O-])c1ncccc1-n1cncn1. The highest BCUT2D eigenvalue weighted by Gasteiger charge is 2.15. The molecule has 14 heavy (non-hydrogen) atoms. The van der Waals surface area contributed by atoms with Crippen LogP contribution < -0.4 is 0 Å². The Kier molecular flexibility index (Phi) is 1.90. The first kappa shape index (κ1) is 8.30. The Labute approximate surface area is 78.2 Å². The molecule has 0 fully saturated rings. The van der Waals surface area contributed by atoms with Gasteiger partial charge in [-0.3, -0.25) is 0 Å². The summed E-state index contributed by atoms with van der Waals surface area (Å²) in [6.07, 6.45) is 4.04. The van der Waals surface area contributed by atoms with Crippen molar-refractivity contribution in [3.05, 3.63) is 41.1 Å². The van der Waals surface area contributed by atoms with Gasteiger partial charge in [0.15, 0.2) is 5.69 Å². The van der Waals surface area contributed by atoms with Crippen LogP contribution in [0.4, 0.5) is 5.82 Å². The van der Waals surface area contributed by atoms with Crippen LogP contribution in [0.1, 0.15) is 0 Å². The van der Waals surface area contributed by atoms with Crippen LogP contribution in [0.3, 0.4) is 0 Å². The van der Waals surface area contributed by atoms with Crippen molar-refractivity contribution >= 4 is 5.82 Å². The van der Waals surface area contributed by atoms with Gasteiger partial charge in [0.25, 0.3) is 0 Å². The van der Waals surface area contributed by atoms with Gasteiger partial charge in [-0.15, -0.1) is 0 Å². The minimum absolute atomic E-state index is 0.238. The van der Waals surface area contributed by atoms with Gasteiger partial charge in [0, 0.05) is 0 Å². The van der Waals surface area contributed by atoms with E-state index in [4.69, 9.17) is 0 Å². The number of aromatic nitrogens is 4. The molecule has 0 radical (unpaired) electrons. The molecular weight excluding hydrogens is 186 g/mol. The van der Waals surface area contributed by atoms with Gasteiger partial charge in [-0.05, 0) is 22.0 Å². The van der Waals surface area contributed by atoms with Gasteiger partial charge >= 0.3 is 5.82 Å². The monoisotopic (exact) mass is 191 g/mol. The normalized spacial score (nSPS) is 10.0. The molecule has 0 N–H and O–H groups in total. The van der Waals surface area contributed by atoms with E-state index in [0.717, 1.165) is 0 Å². The Morgan fingerprint density at radius 1 is 1.50 bits per heavy atom. The fraction of sp³-hybridized carbons (Fsp3) is 0. The number of pyridine rings is 1.